The van der Waals surface area contributed by atoms with E-state index in [1.165, 1.54) is 0 Å². The summed E-state index contributed by atoms with van der Waals surface area (Å²) in [6, 6.07) is 7.16. The Kier molecular flexibility index (Phi) is 5.12. The van der Waals surface area contributed by atoms with Crippen molar-refractivity contribution in [2.75, 3.05) is 11.9 Å². The molecule has 1 amide bonds. The summed E-state index contributed by atoms with van der Waals surface area (Å²) in [6.45, 7) is 7.66. The highest BCUT2D eigenvalue weighted by atomic mass is 35.5. The van der Waals surface area contributed by atoms with Crippen LogP contribution in [-0.4, -0.2) is 22.4 Å². The SMILES string of the molecule is C=CCNC(=O)c1cc(C)nc(Nc2cccc(Cl)c2C)n1. The monoisotopic (exact) mass is 316 g/mol. The molecule has 0 bridgehead atoms. The van der Waals surface area contributed by atoms with Gasteiger partial charge in [0, 0.05) is 22.9 Å². The minimum absolute atomic E-state index is 0.267. The zero-order valence-electron chi connectivity index (χ0n) is 12.5. The molecule has 0 spiro atoms. The third-order valence-corrected chi connectivity index (χ3v) is 3.42. The second kappa shape index (κ2) is 7.04. The van der Waals surface area contributed by atoms with Gasteiger partial charge in [-0.3, -0.25) is 4.79 Å². The van der Waals surface area contributed by atoms with Crippen molar-refractivity contribution in [2.45, 2.75) is 13.8 Å². The van der Waals surface area contributed by atoms with E-state index in [1.807, 2.05) is 32.0 Å². The fraction of sp³-hybridized carbons (Fsp3) is 0.188. The molecule has 0 aliphatic rings. The third-order valence-electron chi connectivity index (χ3n) is 3.01. The average molecular weight is 317 g/mol. The lowest BCUT2D eigenvalue weighted by molar-refractivity contribution is 0.0953. The number of carbonyl (C=O) groups excluding carboxylic acids is 1. The Bertz CT molecular complexity index is 715. The van der Waals surface area contributed by atoms with Crippen molar-refractivity contribution in [3.8, 4) is 0 Å². The standard InChI is InChI=1S/C16H17ClN4O/c1-4-8-18-15(22)14-9-10(2)19-16(21-14)20-13-7-5-6-12(17)11(13)3/h4-7,9H,1,8H2,2-3H3,(H,18,22)(H,19,20,21). The smallest absolute Gasteiger partial charge is 0.270 e. The Hall–Kier alpha value is -2.40. The maximum atomic E-state index is 12.0. The summed E-state index contributed by atoms with van der Waals surface area (Å²) in [7, 11) is 0. The average Bonchev–Trinajstić information content (AvgIpc) is 2.49. The molecule has 0 radical (unpaired) electrons. The van der Waals surface area contributed by atoms with Crippen LogP contribution >= 0.6 is 11.6 Å². The van der Waals surface area contributed by atoms with Crippen molar-refractivity contribution in [1.29, 1.82) is 0 Å². The molecular weight excluding hydrogens is 300 g/mol. The molecule has 0 saturated heterocycles. The van der Waals surface area contributed by atoms with Crippen LogP contribution in [0.3, 0.4) is 0 Å². The van der Waals surface area contributed by atoms with Crippen LogP contribution in [0.25, 0.3) is 0 Å². The zero-order valence-corrected chi connectivity index (χ0v) is 13.2. The van der Waals surface area contributed by atoms with E-state index in [1.54, 1.807) is 12.1 Å². The first-order chi connectivity index (χ1) is 10.5. The lowest BCUT2D eigenvalue weighted by Gasteiger charge is -2.11. The normalized spacial score (nSPS) is 10.1. The number of amides is 1. The lowest BCUT2D eigenvalue weighted by atomic mass is 10.2. The topological polar surface area (TPSA) is 66.9 Å². The number of carbonyl (C=O) groups is 1. The van der Waals surface area contributed by atoms with E-state index in [-0.39, 0.29) is 5.91 Å². The van der Waals surface area contributed by atoms with Crippen LogP contribution in [0.15, 0.2) is 36.9 Å². The van der Waals surface area contributed by atoms with Crippen molar-refractivity contribution < 1.29 is 4.79 Å². The summed E-state index contributed by atoms with van der Waals surface area (Å²) < 4.78 is 0. The number of rotatable bonds is 5. The van der Waals surface area contributed by atoms with Gasteiger partial charge in [-0.2, -0.15) is 0 Å². The van der Waals surface area contributed by atoms with Crippen molar-refractivity contribution in [2.24, 2.45) is 0 Å². The summed E-state index contributed by atoms with van der Waals surface area (Å²) >= 11 is 6.10. The summed E-state index contributed by atoms with van der Waals surface area (Å²) in [5, 5.41) is 6.44. The fourth-order valence-electron chi connectivity index (χ4n) is 1.86. The summed E-state index contributed by atoms with van der Waals surface area (Å²) in [6.07, 6.45) is 1.61. The van der Waals surface area contributed by atoms with E-state index < -0.39 is 0 Å². The number of aryl methyl sites for hydroxylation is 1. The van der Waals surface area contributed by atoms with Crippen LogP contribution < -0.4 is 10.6 Å². The summed E-state index contributed by atoms with van der Waals surface area (Å²) in [5.74, 6) is 0.0883. The van der Waals surface area contributed by atoms with Gasteiger partial charge in [-0.1, -0.05) is 23.7 Å². The van der Waals surface area contributed by atoms with Gasteiger partial charge in [0.1, 0.15) is 5.69 Å². The molecular formula is C16H17ClN4O. The number of benzene rings is 1. The quantitative estimate of drug-likeness (QED) is 0.830. The Morgan fingerprint density at radius 3 is 2.86 bits per heavy atom. The van der Waals surface area contributed by atoms with Gasteiger partial charge in [-0.15, -0.1) is 6.58 Å². The molecule has 6 heteroatoms. The highest BCUT2D eigenvalue weighted by molar-refractivity contribution is 6.31. The molecule has 1 heterocycles. The highest BCUT2D eigenvalue weighted by Crippen LogP contribution is 2.25. The molecule has 2 rings (SSSR count). The van der Waals surface area contributed by atoms with Gasteiger partial charge in [-0.25, -0.2) is 9.97 Å². The highest BCUT2D eigenvalue weighted by Gasteiger charge is 2.11. The number of nitrogens with zero attached hydrogens (tertiary/aromatic N) is 2. The molecule has 0 atom stereocenters. The molecule has 0 aliphatic carbocycles. The van der Waals surface area contributed by atoms with Crippen molar-refractivity contribution in [1.82, 2.24) is 15.3 Å². The van der Waals surface area contributed by atoms with Crippen molar-refractivity contribution in [3.05, 3.63) is 58.9 Å². The lowest BCUT2D eigenvalue weighted by Crippen LogP contribution is -2.24. The summed E-state index contributed by atoms with van der Waals surface area (Å²) in [4.78, 5) is 20.5. The van der Waals surface area contributed by atoms with Gasteiger partial charge in [0.05, 0.1) is 0 Å². The molecule has 0 aliphatic heterocycles. The van der Waals surface area contributed by atoms with Gasteiger partial charge in [0.2, 0.25) is 5.95 Å². The largest absolute Gasteiger partial charge is 0.347 e. The van der Waals surface area contributed by atoms with Gasteiger partial charge in [0.25, 0.3) is 5.91 Å². The molecule has 1 aromatic heterocycles. The van der Waals surface area contributed by atoms with Gasteiger partial charge >= 0.3 is 0 Å². The zero-order chi connectivity index (χ0) is 16.1. The predicted molar refractivity (Wildman–Crippen MR) is 88.8 cm³/mol. The predicted octanol–water partition coefficient (Wildman–Crippen LogP) is 3.41. The maximum absolute atomic E-state index is 12.0. The molecule has 0 saturated carbocycles. The van der Waals surface area contributed by atoms with Crippen molar-refractivity contribution >= 4 is 29.1 Å². The van der Waals surface area contributed by atoms with Crippen LogP contribution in [0.1, 0.15) is 21.7 Å². The molecule has 2 N–H and O–H groups in total. The van der Waals surface area contributed by atoms with Gasteiger partial charge in [0.15, 0.2) is 0 Å². The number of nitrogens with one attached hydrogen (secondary N) is 2. The Morgan fingerprint density at radius 2 is 2.14 bits per heavy atom. The molecule has 0 unspecified atom stereocenters. The van der Waals surface area contributed by atoms with Gasteiger partial charge < -0.3 is 10.6 Å². The van der Waals surface area contributed by atoms with E-state index in [9.17, 15) is 4.79 Å². The minimum Gasteiger partial charge on any atom is -0.347 e. The number of anilines is 2. The van der Waals surface area contributed by atoms with Crippen LogP contribution in [0.5, 0.6) is 0 Å². The van der Waals surface area contributed by atoms with E-state index in [2.05, 4.69) is 27.2 Å². The van der Waals surface area contributed by atoms with Crippen LogP contribution in [-0.2, 0) is 0 Å². The number of hydrogen-bond donors (Lipinski definition) is 2. The fourth-order valence-corrected chi connectivity index (χ4v) is 2.03. The number of hydrogen-bond acceptors (Lipinski definition) is 4. The number of aromatic nitrogens is 2. The molecule has 2 aromatic rings. The first kappa shape index (κ1) is 16.0. The Balaban J connectivity index is 2.28. The van der Waals surface area contributed by atoms with E-state index in [0.717, 1.165) is 11.3 Å². The minimum atomic E-state index is -0.267. The Labute approximate surface area is 134 Å². The molecule has 22 heavy (non-hydrogen) atoms. The first-order valence-corrected chi connectivity index (χ1v) is 7.16. The second-order valence-corrected chi connectivity index (χ2v) is 5.16. The molecule has 0 fully saturated rings. The molecule has 114 valence electrons. The third kappa shape index (κ3) is 3.83. The van der Waals surface area contributed by atoms with Crippen LogP contribution in [0.4, 0.5) is 11.6 Å². The molecule has 5 nitrogen and oxygen atoms in total. The molecule has 1 aromatic carbocycles. The maximum Gasteiger partial charge on any atom is 0.270 e. The van der Waals surface area contributed by atoms with E-state index >= 15 is 0 Å². The van der Waals surface area contributed by atoms with Crippen LogP contribution in [0.2, 0.25) is 5.02 Å². The van der Waals surface area contributed by atoms with Crippen molar-refractivity contribution in [3.63, 3.8) is 0 Å². The first-order valence-electron chi connectivity index (χ1n) is 6.78. The van der Waals surface area contributed by atoms with Gasteiger partial charge in [-0.05, 0) is 37.6 Å². The van der Waals surface area contributed by atoms with E-state index in [4.69, 9.17) is 11.6 Å². The number of halogens is 1. The Morgan fingerprint density at radius 1 is 1.36 bits per heavy atom. The van der Waals surface area contributed by atoms with E-state index in [0.29, 0.717) is 28.9 Å². The second-order valence-electron chi connectivity index (χ2n) is 4.75. The van der Waals surface area contributed by atoms with Crippen LogP contribution in [0, 0.1) is 13.8 Å². The summed E-state index contributed by atoms with van der Waals surface area (Å²) in [5.41, 5.74) is 2.69.